The molecule has 20 heavy (non-hydrogen) atoms. The van der Waals surface area contributed by atoms with Gasteiger partial charge in [0.25, 0.3) is 0 Å². The molecular formula is C14H16ClN3O2. The Bertz CT molecular complexity index is 598. The number of nitrogens with zero attached hydrogens (tertiary/aromatic N) is 2. The first-order valence-electron chi connectivity index (χ1n) is 6.28. The number of aromatic nitrogens is 2. The molecule has 0 bridgehead atoms. The number of para-hydroxylation sites is 1. The molecular weight excluding hydrogens is 278 g/mol. The first-order chi connectivity index (χ1) is 9.61. The zero-order valence-electron chi connectivity index (χ0n) is 11.3. The van der Waals surface area contributed by atoms with Crippen LogP contribution in [-0.4, -0.2) is 22.4 Å². The maximum absolute atomic E-state index is 12.1. The van der Waals surface area contributed by atoms with Gasteiger partial charge in [-0.25, -0.2) is 4.79 Å². The van der Waals surface area contributed by atoms with Crippen LogP contribution in [0.4, 0.5) is 5.69 Å². The molecule has 106 valence electrons. The summed E-state index contributed by atoms with van der Waals surface area (Å²) in [6.07, 6.45) is 3.40. The van der Waals surface area contributed by atoms with Gasteiger partial charge in [0.05, 0.1) is 23.5 Å². The molecule has 1 aromatic heterocycles. The van der Waals surface area contributed by atoms with Gasteiger partial charge in [-0.2, -0.15) is 5.10 Å². The quantitative estimate of drug-likeness (QED) is 0.861. The Labute approximate surface area is 122 Å². The third-order valence-electron chi connectivity index (χ3n) is 2.75. The number of aryl methyl sites for hydroxylation is 1. The number of nitrogens with one attached hydrogen (secondary N) is 1. The van der Waals surface area contributed by atoms with Gasteiger partial charge >= 0.3 is 5.97 Å². The molecule has 5 nitrogen and oxygen atoms in total. The van der Waals surface area contributed by atoms with E-state index in [2.05, 4.69) is 10.4 Å². The molecule has 1 heterocycles. The molecule has 0 aliphatic heterocycles. The van der Waals surface area contributed by atoms with Gasteiger partial charge in [-0.05, 0) is 19.1 Å². The van der Waals surface area contributed by atoms with Gasteiger partial charge < -0.3 is 10.1 Å². The predicted octanol–water partition coefficient (Wildman–Crippen LogP) is 2.79. The van der Waals surface area contributed by atoms with Gasteiger partial charge in [-0.3, -0.25) is 4.68 Å². The highest BCUT2D eigenvalue weighted by Crippen LogP contribution is 2.26. The number of halogens is 1. The summed E-state index contributed by atoms with van der Waals surface area (Å²) in [7, 11) is 1.79. The molecule has 1 N–H and O–H groups in total. The lowest BCUT2D eigenvalue weighted by molar-refractivity contribution is -0.144. The van der Waals surface area contributed by atoms with Crippen molar-refractivity contribution in [3.63, 3.8) is 0 Å². The normalized spacial score (nSPS) is 11.9. The van der Waals surface area contributed by atoms with Crippen LogP contribution in [0.2, 0.25) is 5.02 Å². The summed E-state index contributed by atoms with van der Waals surface area (Å²) in [5.74, 6) is -0.361. The van der Waals surface area contributed by atoms with Crippen LogP contribution in [0.3, 0.4) is 0 Å². The Kier molecular flexibility index (Phi) is 4.63. The third-order valence-corrected chi connectivity index (χ3v) is 3.08. The van der Waals surface area contributed by atoms with Crippen LogP contribution in [0.5, 0.6) is 0 Å². The van der Waals surface area contributed by atoms with E-state index >= 15 is 0 Å². The summed E-state index contributed by atoms with van der Waals surface area (Å²) in [6.45, 7) is 2.09. The van der Waals surface area contributed by atoms with Crippen LogP contribution >= 0.6 is 11.6 Å². The molecule has 2 rings (SSSR count). The Morgan fingerprint density at radius 1 is 1.50 bits per heavy atom. The van der Waals surface area contributed by atoms with Gasteiger partial charge in [-0.1, -0.05) is 23.7 Å². The fourth-order valence-corrected chi connectivity index (χ4v) is 2.02. The van der Waals surface area contributed by atoms with Crippen molar-refractivity contribution in [2.24, 2.45) is 7.05 Å². The number of benzene rings is 1. The molecule has 0 radical (unpaired) electrons. The number of rotatable bonds is 5. The second-order valence-corrected chi connectivity index (χ2v) is 4.66. The summed E-state index contributed by atoms with van der Waals surface area (Å²) in [5, 5.41) is 7.73. The fourth-order valence-electron chi connectivity index (χ4n) is 1.83. The van der Waals surface area contributed by atoms with Crippen LogP contribution in [0, 0.1) is 0 Å². The minimum absolute atomic E-state index is 0.319. The standard InChI is InChI=1S/C14H16ClN3O2/c1-3-20-14(19)13(10-8-16-18(2)9-10)17-12-7-5-4-6-11(12)15/h4-9,13,17H,3H2,1-2H3. The van der Waals surface area contributed by atoms with Crippen LogP contribution < -0.4 is 5.32 Å². The highest BCUT2D eigenvalue weighted by molar-refractivity contribution is 6.33. The number of carbonyl (C=O) groups excluding carboxylic acids is 1. The maximum atomic E-state index is 12.1. The smallest absolute Gasteiger partial charge is 0.333 e. The second kappa shape index (κ2) is 6.43. The Balaban J connectivity index is 2.27. The molecule has 6 heteroatoms. The molecule has 1 aromatic carbocycles. The highest BCUT2D eigenvalue weighted by Gasteiger charge is 2.23. The SMILES string of the molecule is CCOC(=O)C(Nc1ccccc1Cl)c1cnn(C)c1. The van der Waals surface area contributed by atoms with Crippen molar-refractivity contribution in [1.29, 1.82) is 0 Å². The molecule has 1 atom stereocenters. The molecule has 0 saturated carbocycles. The number of carbonyl (C=O) groups is 1. The van der Waals surface area contributed by atoms with Crippen LogP contribution in [-0.2, 0) is 16.6 Å². The van der Waals surface area contributed by atoms with E-state index in [1.54, 1.807) is 37.1 Å². The van der Waals surface area contributed by atoms with Crippen molar-refractivity contribution in [2.45, 2.75) is 13.0 Å². The second-order valence-electron chi connectivity index (χ2n) is 4.26. The summed E-state index contributed by atoms with van der Waals surface area (Å²) in [5.41, 5.74) is 1.40. The third kappa shape index (κ3) is 3.30. The van der Waals surface area contributed by atoms with Crippen molar-refractivity contribution >= 4 is 23.3 Å². The van der Waals surface area contributed by atoms with Crippen molar-refractivity contribution < 1.29 is 9.53 Å². The van der Waals surface area contributed by atoms with Crippen molar-refractivity contribution in [3.05, 3.63) is 47.2 Å². The average Bonchev–Trinajstić information content (AvgIpc) is 2.84. The zero-order valence-corrected chi connectivity index (χ0v) is 12.1. The van der Waals surface area contributed by atoms with Gasteiger partial charge in [0.1, 0.15) is 0 Å². The van der Waals surface area contributed by atoms with Crippen LogP contribution in [0.15, 0.2) is 36.7 Å². The molecule has 1 unspecified atom stereocenters. The van der Waals surface area contributed by atoms with E-state index in [1.165, 1.54) is 0 Å². The predicted molar refractivity (Wildman–Crippen MR) is 77.7 cm³/mol. The van der Waals surface area contributed by atoms with Gasteiger partial charge in [0.15, 0.2) is 6.04 Å². The van der Waals surface area contributed by atoms with E-state index < -0.39 is 6.04 Å². The maximum Gasteiger partial charge on any atom is 0.333 e. The number of esters is 1. The van der Waals surface area contributed by atoms with Gasteiger partial charge in [-0.15, -0.1) is 0 Å². The van der Waals surface area contributed by atoms with Crippen LogP contribution in [0.25, 0.3) is 0 Å². The van der Waals surface area contributed by atoms with Crippen molar-refractivity contribution in [1.82, 2.24) is 9.78 Å². The Morgan fingerprint density at radius 2 is 2.25 bits per heavy atom. The number of hydrogen-bond acceptors (Lipinski definition) is 4. The first kappa shape index (κ1) is 14.4. The first-order valence-corrected chi connectivity index (χ1v) is 6.66. The average molecular weight is 294 g/mol. The fraction of sp³-hybridized carbons (Fsp3) is 0.286. The number of hydrogen-bond donors (Lipinski definition) is 1. The highest BCUT2D eigenvalue weighted by atomic mass is 35.5. The lowest BCUT2D eigenvalue weighted by atomic mass is 10.1. The summed E-state index contributed by atoms with van der Waals surface area (Å²) >= 11 is 6.11. The molecule has 0 spiro atoms. The largest absolute Gasteiger partial charge is 0.464 e. The minimum atomic E-state index is -0.636. The van der Waals surface area contributed by atoms with Crippen molar-refractivity contribution in [2.75, 3.05) is 11.9 Å². The van der Waals surface area contributed by atoms with Crippen molar-refractivity contribution in [3.8, 4) is 0 Å². The molecule has 2 aromatic rings. The van der Waals surface area contributed by atoms with E-state index in [9.17, 15) is 4.79 Å². The van der Waals surface area contributed by atoms with Gasteiger partial charge in [0.2, 0.25) is 0 Å². The van der Waals surface area contributed by atoms with Gasteiger partial charge in [0, 0.05) is 18.8 Å². The Morgan fingerprint density at radius 3 is 2.85 bits per heavy atom. The molecule has 0 amide bonds. The molecule has 0 saturated heterocycles. The van der Waals surface area contributed by atoms with E-state index in [0.717, 1.165) is 5.56 Å². The monoisotopic (exact) mass is 293 g/mol. The molecule has 0 fully saturated rings. The van der Waals surface area contributed by atoms with E-state index in [4.69, 9.17) is 16.3 Å². The zero-order chi connectivity index (χ0) is 14.5. The summed E-state index contributed by atoms with van der Waals surface area (Å²) in [4.78, 5) is 12.1. The number of ether oxygens (including phenoxy) is 1. The van der Waals surface area contributed by atoms with Crippen LogP contribution in [0.1, 0.15) is 18.5 Å². The lowest BCUT2D eigenvalue weighted by Gasteiger charge is -2.17. The van der Waals surface area contributed by atoms with E-state index in [1.807, 2.05) is 18.2 Å². The summed E-state index contributed by atoms with van der Waals surface area (Å²) in [6, 6.07) is 6.61. The lowest BCUT2D eigenvalue weighted by Crippen LogP contribution is -2.23. The minimum Gasteiger partial charge on any atom is -0.464 e. The number of anilines is 1. The summed E-state index contributed by atoms with van der Waals surface area (Å²) < 4.78 is 6.73. The van der Waals surface area contributed by atoms with E-state index in [-0.39, 0.29) is 5.97 Å². The topological polar surface area (TPSA) is 56.1 Å². The van der Waals surface area contributed by atoms with E-state index in [0.29, 0.717) is 17.3 Å². The molecule has 0 aliphatic rings. The molecule has 0 aliphatic carbocycles. The Hall–Kier alpha value is -2.01.